The second-order valence-electron chi connectivity index (χ2n) is 6.68. The molecule has 0 spiro atoms. The van der Waals surface area contributed by atoms with Gasteiger partial charge in [-0.1, -0.05) is 24.2 Å². The summed E-state index contributed by atoms with van der Waals surface area (Å²) >= 11 is 0. The fourth-order valence-electron chi connectivity index (χ4n) is 2.72. The Kier molecular flexibility index (Phi) is 7.33. The molecule has 3 aromatic rings. The number of carbonyl (C=O) groups excluding carboxylic acids is 1. The predicted molar refractivity (Wildman–Crippen MR) is 106 cm³/mol. The van der Waals surface area contributed by atoms with E-state index in [2.05, 4.69) is 22.4 Å². The van der Waals surface area contributed by atoms with Gasteiger partial charge in [-0.15, -0.1) is 0 Å². The van der Waals surface area contributed by atoms with E-state index in [0.29, 0.717) is 43.2 Å². The molecule has 1 amide bonds. The fraction of sp³-hybridized carbons (Fsp3) is 0.318. The van der Waals surface area contributed by atoms with Crippen LogP contribution in [0.4, 0.5) is 4.39 Å². The van der Waals surface area contributed by atoms with Gasteiger partial charge in [-0.05, 0) is 54.8 Å². The van der Waals surface area contributed by atoms with E-state index in [4.69, 9.17) is 9.26 Å². The van der Waals surface area contributed by atoms with Crippen LogP contribution >= 0.6 is 0 Å². The molecule has 0 saturated heterocycles. The highest BCUT2D eigenvalue weighted by atomic mass is 19.1. The van der Waals surface area contributed by atoms with Gasteiger partial charge in [-0.2, -0.15) is 4.98 Å². The van der Waals surface area contributed by atoms with Gasteiger partial charge in [0, 0.05) is 25.8 Å². The van der Waals surface area contributed by atoms with Crippen molar-refractivity contribution < 1.29 is 18.4 Å². The Morgan fingerprint density at radius 2 is 1.76 bits per heavy atom. The van der Waals surface area contributed by atoms with Gasteiger partial charge in [0.25, 0.3) is 0 Å². The average molecular weight is 397 g/mol. The van der Waals surface area contributed by atoms with E-state index in [-0.39, 0.29) is 11.7 Å². The maximum absolute atomic E-state index is 12.9. The number of carbonyl (C=O) groups is 1. The molecule has 6 nitrogen and oxygen atoms in total. The van der Waals surface area contributed by atoms with Crippen molar-refractivity contribution in [2.24, 2.45) is 0 Å². The molecule has 0 fully saturated rings. The third kappa shape index (κ3) is 6.71. The van der Waals surface area contributed by atoms with Crippen molar-refractivity contribution in [2.45, 2.75) is 45.6 Å². The van der Waals surface area contributed by atoms with Crippen LogP contribution in [0.3, 0.4) is 0 Å². The fourth-order valence-corrected chi connectivity index (χ4v) is 2.72. The summed E-state index contributed by atoms with van der Waals surface area (Å²) < 4.78 is 23.7. The third-order valence-electron chi connectivity index (χ3n) is 4.24. The lowest BCUT2D eigenvalue weighted by atomic mass is 10.2. The molecule has 1 N–H and O–H groups in total. The molecule has 0 bridgehead atoms. The highest BCUT2D eigenvalue weighted by Gasteiger charge is 2.07. The van der Waals surface area contributed by atoms with Gasteiger partial charge >= 0.3 is 0 Å². The smallest absolute Gasteiger partial charge is 0.226 e. The van der Waals surface area contributed by atoms with Gasteiger partial charge in [0.2, 0.25) is 11.8 Å². The summed E-state index contributed by atoms with van der Waals surface area (Å²) in [5.74, 6) is 2.19. The Labute approximate surface area is 169 Å². The van der Waals surface area contributed by atoms with Gasteiger partial charge in [0.15, 0.2) is 5.82 Å². The Morgan fingerprint density at radius 3 is 2.45 bits per heavy atom. The normalized spacial score (nSPS) is 10.7. The van der Waals surface area contributed by atoms with E-state index in [1.54, 1.807) is 12.1 Å². The topological polar surface area (TPSA) is 77.2 Å². The van der Waals surface area contributed by atoms with Gasteiger partial charge in [0.1, 0.15) is 17.3 Å². The maximum atomic E-state index is 12.9. The lowest BCUT2D eigenvalue weighted by molar-refractivity contribution is -0.121. The van der Waals surface area contributed by atoms with E-state index in [9.17, 15) is 9.18 Å². The molecule has 2 aromatic carbocycles. The zero-order valence-corrected chi connectivity index (χ0v) is 16.4. The molecule has 0 aliphatic rings. The average Bonchev–Trinajstić information content (AvgIpc) is 3.17. The van der Waals surface area contributed by atoms with E-state index >= 15 is 0 Å². The van der Waals surface area contributed by atoms with Crippen LogP contribution in [0.15, 0.2) is 53.1 Å². The molecule has 0 aliphatic carbocycles. The molecular weight excluding hydrogens is 373 g/mol. The minimum absolute atomic E-state index is 0.0232. The zero-order chi connectivity index (χ0) is 20.5. The molecule has 29 heavy (non-hydrogen) atoms. The number of amides is 1. The SMILES string of the molecule is CCCc1noc(CCCC(=O)NCc2ccc(Oc3ccc(F)cc3)cc2)n1. The first-order valence-electron chi connectivity index (χ1n) is 9.73. The van der Waals surface area contributed by atoms with Crippen LogP contribution in [-0.2, 0) is 24.2 Å². The second-order valence-corrected chi connectivity index (χ2v) is 6.68. The molecule has 3 rings (SSSR count). The summed E-state index contributed by atoms with van der Waals surface area (Å²) in [5.41, 5.74) is 0.964. The Morgan fingerprint density at radius 1 is 1.07 bits per heavy atom. The van der Waals surface area contributed by atoms with Crippen LogP contribution in [0.25, 0.3) is 0 Å². The minimum atomic E-state index is -0.304. The molecule has 7 heteroatoms. The van der Waals surface area contributed by atoms with Crippen LogP contribution in [0.5, 0.6) is 11.5 Å². The van der Waals surface area contributed by atoms with Gasteiger partial charge in [-0.3, -0.25) is 4.79 Å². The molecule has 0 radical (unpaired) electrons. The Hall–Kier alpha value is -3.22. The molecule has 1 heterocycles. The quantitative estimate of drug-likeness (QED) is 0.541. The van der Waals surface area contributed by atoms with Crippen LogP contribution in [0, 0.1) is 5.82 Å². The molecule has 1 aromatic heterocycles. The number of ether oxygens (including phenoxy) is 1. The largest absolute Gasteiger partial charge is 0.457 e. The van der Waals surface area contributed by atoms with Crippen molar-refractivity contribution in [1.29, 1.82) is 0 Å². The highest BCUT2D eigenvalue weighted by molar-refractivity contribution is 5.75. The van der Waals surface area contributed by atoms with Gasteiger partial charge in [0.05, 0.1) is 0 Å². The van der Waals surface area contributed by atoms with Crippen molar-refractivity contribution in [3.05, 3.63) is 71.6 Å². The number of nitrogens with one attached hydrogen (secondary N) is 1. The number of hydrogen-bond acceptors (Lipinski definition) is 5. The Balaban J connectivity index is 1.37. The summed E-state index contributed by atoms with van der Waals surface area (Å²) in [7, 11) is 0. The summed E-state index contributed by atoms with van der Waals surface area (Å²) in [6.07, 6.45) is 3.43. The van der Waals surface area contributed by atoms with Crippen molar-refractivity contribution in [3.8, 4) is 11.5 Å². The van der Waals surface area contributed by atoms with Gasteiger partial charge in [-0.25, -0.2) is 4.39 Å². The summed E-state index contributed by atoms with van der Waals surface area (Å²) in [6.45, 7) is 2.50. The van der Waals surface area contributed by atoms with Crippen LogP contribution in [0.2, 0.25) is 0 Å². The number of halogens is 1. The van der Waals surface area contributed by atoms with Gasteiger partial charge < -0.3 is 14.6 Å². The standard InChI is InChI=1S/C22H24FN3O3/c1-2-4-20-25-22(29-26-20)6-3-5-21(27)24-15-16-7-11-18(12-8-16)28-19-13-9-17(23)10-14-19/h7-14H,2-6,15H2,1H3,(H,24,27). The van der Waals surface area contributed by atoms with Crippen molar-refractivity contribution in [1.82, 2.24) is 15.5 Å². The minimum Gasteiger partial charge on any atom is -0.457 e. The van der Waals surface area contributed by atoms with Crippen LogP contribution in [-0.4, -0.2) is 16.0 Å². The molecular formula is C22H24FN3O3. The number of aromatic nitrogens is 2. The lowest BCUT2D eigenvalue weighted by Crippen LogP contribution is -2.22. The lowest BCUT2D eigenvalue weighted by Gasteiger charge is -2.08. The number of nitrogens with zero attached hydrogens (tertiary/aromatic N) is 2. The molecule has 0 unspecified atom stereocenters. The van der Waals surface area contributed by atoms with Crippen molar-refractivity contribution in [2.75, 3.05) is 0 Å². The number of aryl methyl sites for hydroxylation is 2. The number of benzene rings is 2. The Bertz CT molecular complexity index is 908. The molecule has 0 aliphatic heterocycles. The monoisotopic (exact) mass is 397 g/mol. The van der Waals surface area contributed by atoms with E-state index in [1.807, 2.05) is 24.3 Å². The van der Waals surface area contributed by atoms with E-state index < -0.39 is 0 Å². The zero-order valence-electron chi connectivity index (χ0n) is 16.4. The number of hydrogen-bond donors (Lipinski definition) is 1. The predicted octanol–water partition coefficient (Wildman–Crippen LogP) is 4.59. The van der Waals surface area contributed by atoms with Crippen LogP contribution < -0.4 is 10.1 Å². The maximum Gasteiger partial charge on any atom is 0.226 e. The molecule has 152 valence electrons. The highest BCUT2D eigenvalue weighted by Crippen LogP contribution is 2.21. The van der Waals surface area contributed by atoms with E-state index in [1.165, 1.54) is 12.1 Å². The molecule has 0 atom stereocenters. The summed E-state index contributed by atoms with van der Waals surface area (Å²) in [6, 6.07) is 13.2. The van der Waals surface area contributed by atoms with Crippen LogP contribution in [0.1, 0.15) is 43.5 Å². The molecule has 0 saturated carbocycles. The third-order valence-corrected chi connectivity index (χ3v) is 4.24. The number of rotatable bonds is 10. The van der Waals surface area contributed by atoms with E-state index in [0.717, 1.165) is 24.2 Å². The first kappa shape index (κ1) is 20.5. The summed E-state index contributed by atoms with van der Waals surface area (Å²) in [5, 5.41) is 6.80. The first-order chi connectivity index (χ1) is 14.1. The van der Waals surface area contributed by atoms with Crippen molar-refractivity contribution >= 4 is 5.91 Å². The summed E-state index contributed by atoms with van der Waals surface area (Å²) in [4.78, 5) is 16.3. The van der Waals surface area contributed by atoms with Crippen molar-refractivity contribution in [3.63, 3.8) is 0 Å². The second kappa shape index (κ2) is 10.4. The first-order valence-corrected chi connectivity index (χ1v) is 9.73.